The molecule has 2 aromatic rings. The fraction of sp³-hybridized carbons (Fsp3) is 0.273. The van der Waals surface area contributed by atoms with Crippen molar-refractivity contribution in [2.45, 2.75) is 26.3 Å². The summed E-state index contributed by atoms with van der Waals surface area (Å²) in [5.41, 5.74) is -0.0803. The molecule has 1 atom stereocenters. The third-order valence-electron chi connectivity index (χ3n) is 4.86. The van der Waals surface area contributed by atoms with Gasteiger partial charge in [-0.15, -0.1) is 0 Å². The van der Waals surface area contributed by atoms with Crippen LogP contribution in [0.3, 0.4) is 0 Å². The molecule has 0 spiro atoms. The van der Waals surface area contributed by atoms with Crippen molar-refractivity contribution in [2.24, 2.45) is 5.92 Å². The number of esters is 1. The van der Waals surface area contributed by atoms with Gasteiger partial charge in [0.1, 0.15) is 6.04 Å². The zero-order valence-corrected chi connectivity index (χ0v) is 21.5. The Labute approximate surface area is 220 Å². The second-order valence-corrected chi connectivity index (χ2v) is 9.75. The molecule has 1 N–H and O–H groups in total. The zero-order chi connectivity index (χ0) is 25.3. The van der Waals surface area contributed by atoms with Crippen LogP contribution in [-0.2, 0) is 14.3 Å². The Balaban J connectivity index is 1.82. The first kappa shape index (κ1) is 26.6. The summed E-state index contributed by atoms with van der Waals surface area (Å²) in [6.45, 7) is 2.93. The monoisotopic (exact) mass is 564 g/mol. The Hall–Kier alpha value is -2.03. The lowest BCUT2D eigenvalue weighted by Crippen LogP contribution is -2.47. The molecule has 0 bridgehead atoms. The highest BCUT2D eigenvalue weighted by Crippen LogP contribution is 2.45. The van der Waals surface area contributed by atoms with E-state index in [1.165, 1.54) is 6.07 Å². The van der Waals surface area contributed by atoms with Gasteiger partial charge in [-0.1, -0.05) is 77.9 Å². The third-order valence-corrected chi connectivity index (χ3v) is 6.90. The zero-order valence-electron chi connectivity index (χ0n) is 17.8. The van der Waals surface area contributed by atoms with E-state index in [0.717, 1.165) is 0 Å². The summed E-state index contributed by atoms with van der Waals surface area (Å²) in [6.07, 6.45) is 0.0664. The van der Waals surface area contributed by atoms with Crippen LogP contribution in [0.15, 0.2) is 24.3 Å². The van der Waals surface area contributed by atoms with Crippen LogP contribution < -0.4 is 5.32 Å². The van der Waals surface area contributed by atoms with Crippen LogP contribution in [0.2, 0.25) is 25.1 Å². The molecule has 0 aliphatic carbocycles. The van der Waals surface area contributed by atoms with Crippen LogP contribution in [0.4, 0.5) is 5.69 Å². The van der Waals surface area contributed by atoms with Gasteiger partial charge in [-0.3, -0.25) is 19.3 Å². The van der Waals surface area contributed by atoms with E-state index in [2.05, 4.69) is 5.32 Å². The summed E-state index contributed by atoms with van der Waals surface area (Å²) in [5.74, 6) is -3.44. The maximum Gasteiger partial charge on any atom is 0.329 e. The van der Waals surface area contributed by atoms with Crippen molar-refractivity contribution in [3.63, 3.8) is 0 Å². The average molecular weight is 567 g/mol. The minimum absolute atomic E-state index is 0.0664. The Kier molecular flexibility index (Phi) is 8.37. The van der Waals surface area contributed by atoms with E-state index >= 15 is 0 Å². The lowest BCUT2D eigenvalue weighted by Gasteiger charge is -2.26. The molecule has 0 radical (unpaired) electrons. The number of rotatable bonds is 7. The molecule has 1 heterocycles. The SMILES string of the molecule is CC(C)CC(C(=O)OCC(=O)Nc1cccc(Cl)c1)N1C(=O)c2c(Cl)c(Cl)c(Cl)c(Cl)c2C1=O. The highest BCUT2D eigenvalue weighted by Gasteiger charge is 2.47. The van der Waals surface area contributed by atoms with Crippen molar-refractivity contribution in [2.75, 3.05) is 11.9 Å². The van der Waals surface area contributed by atoms with Gasteiger partial charge in [0.25, 0.3) is 17.7 Å². The fourth-order valence-corrected chi connectivity index (χ4v) is 4.60. The Morgan fingerprint density at radius 2 is 1.50 bits per heavy atom. The van der Waals surface area contributed by atoms with Crippen LogP contribution in [0.25, 0.3) is 0 Å². The predicted molar refractivity (Wildman–Crippen MR) is 131 cm³/mol. The molecule has 0 fully saturated rings. The second-order valence-electron chi connectivity index (χ2n) is 7.80. The minimum Gasteiger partial charge on any atom is -0.454 e. The number of hydrogen-bond acceptors (Lipinski definition) is 5. The molecule has 0 aromatic heterocycles. The molecule has 0 saturated heterocycles. The Bertz CT molecular complexity index is 1150. The number of imide groups is 1. The van der Waals surface area contributed by atoms with Crippen LogP contribution >= 0.6 is 58.0 Å². The van der Waals surface area contributed by atoms with Crippen LogP contribution in [0, 0.1) is 5.92 Å². The molecule has 0 saturated carbocycles. The Morgan fingerprint density at radius 3 is 2.00 bits per heavy atom. The lowest BCUT2D eigenvalue weighted by molar-refractivity contribution is -0.151. The van der Waals surface area contributed by atoms with Gasteiger partial charge in [0.2, 0.25) is 0 Å². The van der Waals surface area contributed by atoms with Crippen molar-refractivity contribution in [1.29, 1.82) is 0 Å². The van der Waals surface area contributed by atoms with E-state index in [1.807, 2.05) is 0 Å². The van der Waals surface area contributed by atoms with Crippen molar-refractivity contribution in [3.05, 3.63) is 60.5 Å². The van der Waals surface area contributed by atoms with E-state index in [0.29, 0.717) is 15.6 Å². The summed E-state index contributed by atoms with van der Waals surface area (Å²) in [4.78, 5) is 52.2. The van der Waals surface area contributed by atoms with Gasteiger partial charge in [0.05, 0.1) is 31.2 Å². The maximum atomic E-state index is 13.1. The predicted octanol–water partition coefficient (Wildman–Crippen LogP) is 6.15. The highest BCUT2D eigenvalue weighted by molar-refractivity contribution is 6.55. The van der Waals surface area contributed by atoms with Crippen molar-refractivity contribution >= 4 is 87.4 Å². The van der Waals surface area contributed by atoms with Gasteiger partial charge >= 0.3 is 5.97 Å². The topological polar surface area (TPSA) is 92.8 Å². The Morgan fingerprint density at radius 1 is 0.941 bits per heavy atom. The molecule has 3 amide bonds. The maximum absolute atomic E-state index is 13.1. The number of hydrogen-bond donors (Lipinski definition) is 1. The molecule has 1 aliphatic heterocycles. The van der Waals surface area contributed by atoms with E-state index in [-0.39, 0.29) is 43.6 Å². The van der Waals surface area contributed by atoms with Crippen molar-refractivity contribution in [1.82, 2.24) is 4.90 Å². The molecular formula is C22H17Cl5N2O5. The molecule has 3 rings (SSSR count). The first-order valence-electron chi connectivity index (χ1n) is 9.89. The minimum atomic E-state index is -1.34. The van der Waals surface area contributed by atoms with Crippen LogP contribution in [0.1, 0.15) is 41.0 Å². The molecule has 1 unspecified atom stereocenters. The summed E-state index contributed by atoms with van der Waals surface area (Å²) in [6, 6.07) is 5.06. The number of halogens is 5. The largest absolute Gasteiger partial charge is 0.454 e. The van der Waals surface area contributed by atoms with Gasteiger partial charge in [0.15, 0.2) is 6.61 Å². The molecular weight excluding hydrogens is 550 g/mol. The lowest BCUT2D eigenvalue weighted by atomic mass is 10.0. The number of ether oxygens (including phenoxy) is 1. The number of anilines is 1. The number of nitrogens with one attached hydrogen (secondary N) is 1. The number of fused-ring (bicyclic) bond motifs is 1. The van der Waals surface area contributed by atoms with Crippen LogP contribution in [-0.4, -0.2) is 41.2 Å². The van der Waals surface area contributed by atoms with E-state index < -0.39 is 36.3 Å². The number of carbonyl (C=O) groups excluding carboxylic acids is 4. The van der Waals surface area contributed by atoms with Crippen molar-refractivity contribution in [3.8, 4) is 0 Å². The molecule has 1 aliphatic rings. The molecule has 7 nitrogen and oxygen atoms in total. The number of carbonyl (C=O) groups is 4. The number of amides is 3. The summed E-state index contributed by atoms with van der Waals surface area (Å²) in [7, 11) is 0. The smallest absolute Gasteiger partial charge is 0.329 e. The summed E-state index contributed by atoms with van der Waals surface area (Å²) >= 11 is 30.3. The fourth-order valence-electron chi connectivity index (χ4n) is 3.40. The van der Waals surface area contributed by atoms with Gasteiger partial charge < -0.3 is 10.1 Å². The normalized spacial score (nSPS) is 13.8. The average Bonchev–Trinajstić information content (AvgIpc) is 3.03. The summed E-state index contributed by atoms with van der Waals surface area (Å²) < 4.78 is 5.14. The molecule has 12 heteroatoms. The van der Waals surface area contributed by atoms with Gasteiger partial charge in [-0.2, -0.15) is 0 Å². The summed E-state index contributed by atoms with van der Waals surface area (Å²) in [5, 5.41) is 2.09. The first-order valence-corrected chi connectivity index (χ1v) is 11.8. The first-order chi connectivity index (χ1) is 15.9. The standard InChI is InChI=1S/C22H17Cl5N2O5/c1-9(2)6-12(22(33)34-8-13(30)28-11-5-3-4-10(23)7-11)29-20(31)14-15(21(29)32)17(25)19(27)18(26)16(14)24/h3-5,7,9,12H,6,8H2,1-2H3,(H,28,30). The van der Waals surface area contributed by atoms with Crippen molar-refractivity contribution < 1.29 is 23.9 Å². The molecule has 34 heavy (non-hydrogen) atoms. The second kappa shape index (κ2) is 10.7. The number of nitrogens with zero attached hydrogens (tertiary/aromatic N) is 1. The van der Waals surface area contributed by atoms with Gasteiger partial charge in [0, 0.05) is 10.7 Å². The molecule has 2 aromatic carbocycles. The van der Waals surface area contributed by atoms with Gasteiger partial charge in [-0.05, 0) is 30.5 Å². The quantitative estimate of drug-likeness (QED) is 0.188. The van der Waals surface area contributed by atoms with E-state index in [9.17, 15) is 19.2 Å². The highest BCUT2D eigenvalue weighted by atomic mass is 35.5. The number of benzene rings is 2. The van der Waals surface area contributed by atoms with E-state index in [4.69, 9.17) is 62.7 Å². The molecule has 180 valence electrons. The van der Waals surface area contributed by atoms with E-state index in [1.54, 1.807) is 32.0 Å². The van der Waals surface area contributed by atoms with Gasteiger partial charge in [-0.25, -0.2) is 4.79 Å². The third kappa shape index (κ3) is 5.29. The van der Waals surface area contributed by atoms with Crippen LogP contribution in [0.5, 0.6) is 0 Å².